The third-order valence-corrected chi connectivity index (χ3v) is 1.64. The van der Waals surface area contributed by atoms with E-state index >= 15 is 0 Å². The number of hydrogen-bond acceptors (Lipinski definition) is 3. The Morgan fingerprint density at radius 2 is 2.25 bits per heavy atom. The minimum Gasteiger partial charge on any atom is -0.369 e. The number of nitro groups is 1. The summed E-state index contributed by atoms with van der Waals surface area (Å²) >= 11 is 0. The van der Waals surface area contributed by atoms with Gasteiger partial charge in [-0.2, -0.15) is 0 Å². The van der Waals surface area contributed by atoms with Crippen molar-refractivity contribution in [3.63, 3.8) is 0 Å². The maximum atomic E-state index is 12.7. The maximum absolute atomic E-state index is 12.7. The normalized spacial score (nSPS) is 9.06. The van der Waals surface area contributed by atoms with Crippen LogP contribution in [0, 0.1) is 27.8 Å². The van der Waals surface area contributed by atoms with Gasteiger partial charge >= 0.3 is 0 Å². The summed E-state index contributed by atoms with van der Waals surface area (Å²) in [5, 5.41) is 10.6. The first-order chi connectivity index (χ1) is 7.50. The van der Waals surface area contributed by atoms with Crippen LogP contribution < -0.4 is 5.73 Å². The summed E-state index contributed by atoms with van der Waals surface area (Å²) in [7, 11) is 0. The zero-order valence-corrected chi connectivity index (χ0v) is 8.07. The molecule has 1 aromatic rings. The van der Waals surface area contributed by atoms with Crippen molar-refractivity contribution >= 4 is 11.6 Å². The lowest BCUT2D eigenvalue weighted by molar-refractivity contribution is -0.385. The summed E-state index contributed by atoms with van der Waals surface area (Å²) in [5.74, 6) is 3.42. The lowest BCUT2D eigenvalue weighted by atomic mass is 10.2. The number of amides is 1. The number of halogens is 1. The number of nitrogens with two attached hydrogens (primary N) is 1. The van der Waals surface area contributed by atoms with E-state index in [4.69, 9.17) is 5.73 Å². The molecule has 0 aliphatic carbocycles. The molecule has 16 heavy (non-hydrogen) atoms. The Kier molecular flexibility index (Phi) is 3.56. The van der Waals surface area contributed by atoms with Crippen LogP contribution in [-0.4, -0.2) is 10.8 Å². The van der Waals surface area contributed by atoms with E-state index in [1.165, 1.54) is 6.07 Å². The number of nitrogens with zero attached hydrogens (tertiary/aromatic N) is 1. The van der Waals surface area contributed by atoms with Crippen LogP contribution >= 0.6 is 0 Å². The van der Waals surface area contributed by atoms with Crippen molar-refractivity contribution in [2.75, 3.05) is 0 Å². The van der Waals surface area contributed by atoms with E-state index in [1.54, 1.807) is 0 Å². The van der Waals surface area contributed by atoms with E-state index < -0.39 is 22.3 Å². The van der Waals surface area contributed by atoms with Crippen LogP contribution in [-0.2, 0) is 4.79 Å². The molecule has 0 aromatic heterocycles. The first-order valence-electron chi connectivity index (χ1n) is 4.22. The first kappa shape index (κ1) is 11.7. The summed E-state index contributed by atoms with van der Waals surface area (Å²) in [6, 6.07) is 3.01. The molecule has 82 valence electrons. The Bertz CT molecular complexity index is 503. The smallest absolute Gasteiger partial charge is 0.287 e. The van der Waals surface area contributed by atoms with Crippen molar-refractivity contribution in [1.82, 2.24) is 0 Å². The number of carbonyl (C=O) groups is 1. The molecule has 0 unspecified atom stereocenters. The molecule has 0 spiro atoms. The predicted octanol–water partition coefficient (Wildman–Crippen LogP) is 0.961. The average molecular weight is 222 g/mol. The van der Waals surface area contributed by atoms with Gasteiger partial charge < -0.3 is 5.73 Å². The van der Waals surface area contributed by atoms with E-state index in [0.717, 1.165) is 12.1 Å². The molecule has 0 aliphatic rings. The molecule has 0 bridgehead atoms. The summed E-state index contributed by atoms with van der Waals surface area (Å²) in [6.45, 7) is 0. The van der Waals surface area contributed by atoms with Crippen LogP contribution in [0.15, 0.2) is 18.2 Å². The Hall–Kier alpha value is -2.42. The largest absolute Gasteiger partial charge is 0.369 e. The molecule has 0 atom stereocenters. The van der Waals surface area contributed by atoms with Crippen molar-refractivity contribution in [2.24, 2.45) is 5.73 Å². The molecule has 2 N–H and O–H groups in total. The number of primary amides is 1. The number of benzene rings is 1. The van der Waals surface area contributed by atoms with Crippen LogP contribution in [0.4, 0.5) is 10.1 Å². The fourth-order valence-electron chi connectivity index (χ4n) is 0.988. The highest BCUT2D eigenvalue weighted by atomic mass is 19.1. The second-order valence-corrected chi connectivity index (χ2v) is 2.86. The molecule has 1 aromatic carbocycles. The molecule has 5 nitrogen and oxygen atoms in total. The molecular formula is C10H7FN2O3. The van der Waals surface area contributed by atoms with Crippen LogP contribution in [0.1, 0.15) is 12.0 Å². The van der Waals surface area contributed by atoms with Crippen molar-refractivity contribution in [3.05, 3.63) is 39.7 Å². The van der Waals surface area contributed by atoms with Gasteiger partial charge in [-0.3, -0.25) is 14.9 Å². The third-order valence-electron chi connectivity index (χ3n) is 1.64. The zero-order valence-electron chi connectivity index (χ0n) is 8.07. The van der Waals surface area contributed by atoms with Crippen molar-refractivity contribution in [3.8, 4) is 11.8 Å². The van der Waals surface area contributed by atoms with E-state index in [1.807, 2.05) is 0 Å². The Morgan fingerprint density at radius 1 is 1.56 bits per heavy atom. The maximum Gasteiger partial charge on any atom is 0.287 e. The standard InChI is InChI=1S/C10H7FN2O3/c11-8-5-4-7(2-1-3-10(12)14)9(6-8)13(15)16/h4-6H,3H2,(H2,12,14). The first-order valence-corrected chi connectivity index (χ1v) is 4.22. The van der Waals surface area contributed by atoms with Gasteiger partial charge in [0.25, 0.3) is 5.69 Å². The molecule has 0 saturated carbocycles. The van der Waals surface area contributed by atoms with Gasteiger partial charge in [0.1, 0.15) is 11.4 Å². The van der Waals surface area contributed by atoms with Gasteiger partial charge in [0, 0.05) is 0 Å². The lowest BCUT2D eigenvalue weighted by Gasteiger charge is -1.94. The fourth-order valence-corrected chi connectivity index (χ4v) is 0.988. The van der Waals surface area contributed by atoms with Gasteiger partial charge in [-0.1, -0.05) is 11.8 Å². The molecule has 0 fully saturated rings. The lowest BCUT2D eigenvalue weighted by Crippen LogP contribution is -2.08. The predicted molar refractivity (Wildman–Crippen MR) is 53.7 cm³/mol. The summed E-state index contributed by atoms with van der Waals surface area (Å²) in [4.78, 5) is 20.2. The average Bonchev–Trinajstić information content (AvgIpc) is 2.19. The fraction of sp³-hybridized carbons (Fsp3) is 0.100. The molecular weight excluding hydrogens is 215 g/mol. The minimum absolute atomic E-state index is 0.0488. The summed E-state index contributed by atoms with van der Waals surface area (Å²) in [6.07, 6.45) is -0.200. The Morgan fingerprint density at radius 3 is 2.81 bits per heavy atom. The summed E-state index contributed by atoms with van der Waals surface area (Å²) < 4.78 is 12.7. The topological polar surface area (TPSA) is 86.2 Å². The second kappa shape index (κ2) is 4.89. The van der Waals surface area contributed by atoms with Gasteiger partial charge in [-0.05, 0) is 12.1 Å². The van der Waals surface area contributed by atoms with Crippen molar-refractivity contribution < 1.29 is 14.1 Å². The molecule has 6 heteroatoms. The van der Waals surface area contributed by atoms with Gasteiger partial charge in [0.05, 0.1) is 17.4 Å². The highest BCUT2D eigenvalue weighted by Gasteiger charge is 2.12. The molecule has 0 heterocycles. The van der Waals surface area contributed by atoms with E-state index in [0.29, 0.717) is 0 Å². The zero-order chi connectivity index (χ0) is 12.1. The second-order valence-electron chi connectivity index (χ2n) is 2.86. The van der Waals surface area contributed by atoms with Crippen LogP contribution in [0.25, 0.3) is 0 Å². The molecule has 0 saturated heterocycles. The van der Waals surface area contributed by atoms with Crippen LogP contribution in [0.3, 0.4) is 0 Å². The van der Waals surface area contributed by atoms with Crippen molar-refractivity contribution in [1.29, 1.82) is 0 Å². The third kappa shape index (κ3) is 3.06. The van der Waals surface area contributed by atoms with Crippen molar-refractivity contribution in [2.45, 2.75) is 6.42 Å². The quantitative estimate of drug-likeness (QED) is 0.459. The van der Waals surface area contributed by atoms with E-state index in [9.17, 15) is 19.3 Å². The van der Waals surface area contributed by atoms with Crippen LogP contribution in [0.2, 0.25) is 0 Å². The highest BCUT2D eigenvalue weighted by Crippen LogP contribution is 2.18. The molecule has 1 amide bonds. The number of rotatable bonds is 2. The number of nitro benzene ring substituents is 1. The molecule has 0 radical (unpaired) electrons. The monoisotopic (exact) mass is 222 g/mol. The SMILES string of the molecule is NC(=O)CC#Cc1ccc(F)cc1[N+](=O)[O-]. The van der Waals surface area contributed by atoms with Gasteiger partial charge in [0.2, 0.25) is 5.91 Å². The Balaban J connectivity index is 3.07. The number of carbonyl (C=O) groups excluding carboxylic acids is 1. The highest BCUT2D eigenvalue weighted by molar-refractivity contribution is 5.76. The van der Waals surface area contributed by atoms with Gasteiger partial charge in [-0.15, -0.1) is 0 Å². The Labute approximate surface area is 90.2 Å². The van der Waals surface area contributed by atoms with E-state index in [-0.39, 0.29) is 12.0 Å². The van der Waals surface area contributed by atoms with Gasteiger partial charge in [0.15, 0.2) is 0 Å². The van der Waals surface area contributed by atoms with Gasteiger partial charge in [-0.25, -0.2) is 4.39 Å². The minimum atomic E-state index is -0.739. The van der Waals surface area contributed by atoms with E-state index in [2.05, 4.69) is 11.8 Å². The summed E-state index contributed by atoms with van der Waals surface area (Å²) in [5.41, 5.74) is 4.46. The molecule has 1 rings (SSSR count). The van der Waals surface area contributed by atoms with Crippen LogP contribution in [0.5, 0.6) is 0 Å². The number of hydrogen-bond donors (Lipinski definition) is 1. The molecule has 0 aliphatic heterocycles.